The summed E-state index contributed by atoms with van der Waals surface area (Å²) < 4.78 is 10.2. The van der Waals surface area contributed by atoms with Crippen LogP contribution >= 0.6 is 0 Å². The Bertz CT molecular complexity index is 402. The van der Waals surface area contributed by atoms with Crippen LogP contribution in [-0.4, -0.2) is 24.2 Å². The van der Waals surface area contributed by atoms with Crippen molar-refractivity contribution in [1.29, 1.82) is 0 Å². The first-order valence-corrected chi connectivity index (χ1v) is 5.21. The van der Waals surface area contributed by atoms with Crippen molar-refractivity contribution in [3.8, 4) is 5.88 Å². The average molecular weight is 222 g/mol. The molecule has 0 radical (unpaired) electrons. The van der Waals surface area contributed by atoms with E-state index < -0.39 is 5.97 Å². The van der Waals surface area contributed by atoms with Crippen LogP contribution in [0.4, 0.5) is 5.69 Å². The Kier molecular flexibility index (Phi) is 2.94. The van der Waals surface area contributed by atoms with E-state index in [1.807, 2.05) is 0 Å². The minimum absolute atomic E-state index is 0.224. The molecule has 0 unspecified atom stereocenters. The summed E-state index contributed by atoms with van der Waals surface area (Å²) in [4.78, 5) is 15.4. The predicted octanol–water partition coefficient (Wildman–Crippen LogP) is 1.38. The normalized spacial score (nSPS) is 15.3. The molecule has 1 aliphatic carbocycles. The molecule has 86 valence electrons. The van der Waals surface area contributed by atoms with E-state index >= 15 is 0 Å². The van der Waals surface area contributed by atoms with E-state index in [0.717, 1.165) is 12.8 Å². The van der Waals surface area contributed by atoms with E-state index in [1.165, 1.54) is 25.8 Å². The average Bonchev–Trinajstić information content (AvgIpc) is 2.24. The maximum atomic E-state index is 11.4. The highest BCUT2D eigenvalue weighted by atomic mass is 16.5. The summed E-state index contributed by atoms with van der Waals surface area (Å²) in [6.45, 7) is 0. The monoisotopic (exact) mass is 222 g/mol. The molecule has 0 bridgehead atoms. The number of ether oxygens (including phenoxy) is 2. The molecule has 1 aromatic heterocycles. The van der Waals surface area contributed by atoms with Gasteiger partial charge in [0.05, 0.1) is 24.6 Å². The number of methoxy groups -OCH3 is 1. The molecule has 0 amide bonds. The first-order chi connectivity index (χ1) is 7.70. The molecule has 1 saturated carbocycles. The fourth-order valence-electron chi connectivity index (χ4n) is 1.46. The van der Waals surface area contributed by atoms with Crippen LogP contribution in [0, 0.1) is 0 Å². The molecule has 5 nitrogen and oxygen atoms in total. The molecule has 0 spiro atoms. The quantitative estimate of drug-likeness (QED) is 0.782. The molecule has 0 atom stereocenters. The number of nitrogen functional groups attached to an aromatic ring is 1. The zero-order valence-electron chi connectivity index (χ0n) is 9.10. The largest absolute Gasteiger partial charge is 0.474 e. The van der Waals surface area contributed by atoms with Crippen molar-refractivity contribution in [2.24, 2.45) is 0 Å². The highest BCUT2D eigenvalue weighted by molar-refractivity contribution is 5.95. The number of anilines is 1. The summed E-state index contributed by atoms with van der Waals surface area (Å²) in [6.07, 6.45) is 4.91. The van der Waals surface area contributed by atoms with Gasteiger partial charge in [0.2, 0.25) is 5.88 Å². The van der Waals surface area contributed by atoms with E-state index in [9.17, 15) is 4.79 Å². The lowest BCUT2D eigenvalue weighted by Gasteiger charge is -2.25. The lowest BCUT2D eigenvalue weighted by molar-refractivity contribution is 0.0599. The maximum Gasteiger partial charge on any atom is 0.340 e. The van der Waals surface area contributed by atoms with Gasteiger partial charge in [0, 0.05) is 6.07 Å². The van der Waals surface area contributed by atoms with Crippen LogP contribution in [0.25, 0.3) is 0 Å². The van der Waals surface area contributed by atoms with E-state index in [2.05, 4.69) is 9.72 Å². The van der Waals surface area contributed by atoms with E-state index in [-0.39, 0.29) is 6.10 Å². The second-order valence-corrected chi connectivity index (χ2v) is 3.77. The smallest absolute Gasteiger partial charge is 0.340 e. The molecule has 2 rings (SSSR count). The number of rotatable bonds is 3. The molecule has 0 aliphatic heterocycles. The second-order valence-electron chi connectivity index (χ2n) is 3.77. The molecule has 1 aromatic rings. The molecular weight excluding hydrogens is 208 g/mol. The minimum atomic E-state index is -0.474. The van der Waals surface area contributed by atoms with Crippen molar-refractivity contribution in [1.82, 2.24) is 4.98 Å². The fraction of sp³-hybridized carbons (Fsp3) is 0.455. The van der Waals surface area contributed by atoms with Gasteiger partial charge in [-0.3, -0.25) is 0 Å². The summed E-state index contributed by atoms with van der Waals surface area (Å²) in [5.41, 5.74) is 6.22. The summed E-state index contributed by atoms with van der Waals surface area (Å²) in [6, 6.07) is 1.53. The highest BCUT2D eigenvalue weighted by Crippen LogP contribution is 2.25. The number of esters is 1. The van der Waals surface area contributed by atoms with Gasteiger partial charge in [-0.25, -0.2) is 9.78 Å². The predicted molar refractivity (Wildman–Crippen MR) is 58.3 cm³/mol. The first-order valence-electron chi connectivity index (χ1n) is 5.21. The molecule has 1 fully saturated rings. The van der Waals surface area contributed by atoms with E-state index in [1.54, 1.807) is 0 Å². The lowest BCUT2D eigenvalue weighted by Crippen LogP contribution is -2.25. The summed E-state index contributed by atoms with van der Waals surface area (Å²) in [7, 11) is 1.31. The standard InChI is InChI=1S/C11H14N2O3/c1-15-11(14)8-5-10(13-6-9(8)12)16-7-3-2-4-7/h5-7H,2-4,12H2,1H3. The maximum absolute atomic E-state index is 11.4. The van der Waals surface area contributed by atoms with Gasteiger partial charge in [0.1, 0.15) is 6.10 Å². The Hall–Kier alpha value is -1.78. The highest BCUT2D eigenvalue weighted by Gasteiger charge is 2.20. The van der Waals surface area contributed by atoms with Crippen molar-refractivity contribution >= 4 is 11.7 Å². The van der Waals surface area contributed by atoms with Gasteiger partial charge in [-0.2, -0.15) is 0 Å². The number of hydrogen-bond acceptors (Lipinski definition) is 5. The van der Waals surface area contributed by atoms with Crippen LogP contribution in [0.1, 0.15) is 29.6 Å². The molecular formula is C11H14N2O3. The number of hydrogen-bond donors (Lipinski definition) is 1. The topological polar surface area (TPSA) is 74.4 Å². The molecule has 0 aromatic carbocycles. The van der Waals surface area contributed by atoms with Crippen LogP contribution in [0.15, 0.2) is 12.3 Å². The van der Waals surface area contributed by atoms with Crippen molar-refractivity contribution < 1.29 is 14.3 Å². The SMILES string of the molecule is COC(=O)c1cc(OC2CCC2)ncc1N. The lowest BCUT2D eigenvalue weighted by atomic mass is 9.96. The molecule has 16 heavy (non-hydrogen) atoms. The minimum Gasteiger partial charge on any atom is -0.474 e. The van der Waals surface area contributed by atoms with Gasteiger partial charge in [0.25, 0.3) is 0 Å². The van der Waals surface area contributed by atoms with Gasteiger partial charge >= 0.3 is 5.97 Å². The number of aromatic nitrogens is 1. The van der Waals surface area contributed by atoms with Crippen molar-refractivity contribution in [3.63, 3.8) is 0 Å². The van der Waals surface area contributed by atoms with Gasteiger partial charge in [-0.1, -0.05) is 0 Å². The molecule has 2 N–H and O–H groups in total. The third kappa shape index (κ3) is 2.08. The van der Waals surface area contributed by atoms with Crippen LogP contribution in [-0.2, 0) is 4.74 Å². The summed E-state index contributed by atoms with van der Waals surface area (Å²) >= 11 is 0. The molecule has 0 saturated heterocycles. The Morgan fingerprint density at radius 1 is 1.56 bits per heavy atom. The number of carbonyl (C=O) groups excluding carboxylic acids is 1. The van der Waals surface area contributed by atoms with Crippen molar-refractivity contribution in [2.75, 3.05) is 12.8 Å². The number of nitrogens with two attached hydrogens (primary N) is 1. The second kappa shape index (κ2) is 4.38. The molecule has 1 aliphatic rings. The zero-order chi connectivity index (χ0) is 11.5. The van der Waals surface area contributed by atoms with Gasteiger partial charge in [0.15, 0.2) is 0 Å². The Morgan fingerprint density at radius 3 is 2.88 bits per heavy atom. The van der Waals surface area contributed by atoms with Crippen molar-refractivity contribution in [2.45, 2.75) is 25.4 Å². The van der Waals surface area contributed by atoms with Crippen LogP contribution in [0.3, 0.4) is 0 Å². The molecule has 1 heterocycles. The van der Waals surface area contributed by atoms with Crippen LogP contribution < -0.4 is 10.5 Å². The van der Waals surface area contributed by atoms with Crippen LogP contribution in [0.5, 0.6) is 5.88 Å². The van der Waals surface area contributed by atoms with Crippen molar-refractivity contribution in [3.05, 3.63) is 17.8 Å². The Balaban J connectivity index is 2.17. The third-order valence-corrected chi connectivity index (χ3v) is 2.65. The van der Waals surface area contributed by atoms with Gasteiger partial charge in [-0.05, 0) is 19.3 Å². The summed E-state index contributed by atoms with van der Waals surface area (Å²) in [5.74, 6) is -0.0438. The van der Waals surface area contributed by atoms with Gasteiger partial charge in [-0.15, -0.1) is 0 Å². The Morgan fingerprint density at radius 2 is 2.31 bits per heavy atom. The number of nitrogens with zero attached hydrogens (tertiary/aromatic N) is 1. The fourth-order valence-corrected chi connectivity index (χ4v) is 1.46. The van der Waals surface area contributed by atoms with E-state index in [0.29, 0.717) is 17.1 Å². The number of carbonyl (C=O) groups is 1. The summed E-state index contributed by atoms with van der Waals surface area (Å²) in [5, 5.41) is 0. The van der Waals surface area contributed by atoms with Gasteiger partial charge < -0.3 is 15.2 Å². The molecule has 5 heteroatoms. The zero-order valence-corrected chi connectivity index (χ0v) is 9.10. The third-order valence-electron chi connectivity index (χ3n) is 2.65. The first kappa shape index (κ1) is 10.7. The van der Waals surface area contributed by atoms with Crippen LogP contribution in [0.2, 0.25) is 0 Å². The number of pyridine rings is 1. The Labute approximate surface area is 93.6 Å². The van der Waals surface area contributed by atoms with E-state index in [4.69, 9.17) is 10.5 Å².